The van der Waals surface area contributed by atoms with E-state index in [2.05, 4.69) is 15.6 Å². The highest BCUT2D eigenvalue weighted by Crippen LogP contribution is 2.36. The molecule has 38 heavy (non-hydrogen) atoms. The summed E-state index contributed by atoms with van der Waals surface area (Å²) in [5.41, 5.74) is -1.61. The molecule has 204 valence electrons. The number of piperazine rings is 1. The molecule has 2 aromatic rings. The zero-order chi connectivity index (χ0) is 27.6. The van der Waals surface area contributed by atoms with E-state index < -0.39 is 51.3 Å². The second kappa shape index (κ2) is 10.8. The molecule has 1 amide bonds. The Kier molecular flexibility index (Phi) is 7.91. The lowest BCUT2D eigenvalue weighted by atomic mass is 10.0. The van der Waals surface area contributed by atoms with Gasteiger partial charge in [-0.3, -0.25) is 10.1 Å². The maximum Gasteiger partial charge on any atom is 0.407 e. The third-order valence-electron chi connectivity index (χ3n) is 6.52. The summed E-state index contributed by atoms with van der Waals surface area (Å²) in [6.45, 7) is 0.712. The summed E-state index contributed by atoms with van der Waals surface area (Å²) in [5, 5.41) is 13.9. The van der Waals surface area contributed by atoms with Crippen molar-refractivity contribution >= 4 is 21.7 Å². The number of amides is 1. The van der Waals surface area contributed by atoms with Gasteiger partial charge in [0.2, 0.25) is 15.9 Å². The van der Waals surface area contributed by atoms with Gasteiger partial charge >= 0.3 is 6.18 Å². The van der Waals surface area contributed by atoms with Gasteiger partial charge in [-0.05, 0) is 42.7 Å². The lowest BCUT2D eigenvalue weighted by Gasteiger charge is -2.35. The topological polar surface area (TPSA) is 118 Å². The van der Waals surface area contributed by atoms with E-state index in [0.29, 0.717) is 31.7 Å². The number of carbonyl (C=O) groups excluding carboxylic acids is 1. The number of benzene rings is 1. The Morgan fingerprint density at radius 1 is 1.11 bits per heavy atom. The van der Waals surface area contributed by atoms with E-state index in [1.165, 1.54) is 0 Å². The lowest BCUT2D eigenvalue weighted by molar-refractivity contribution is -0.160. The maximum absolute atomic E-state index is 14.0. The first-order valence-corrected chi connectivity index (χ1v) is 13.5. The van der Waals surface area contributed by atoms with E-state index in [0.717, 1.165) is 28.6 Å². The number of carbonyl (C=O) groups is 1. The van der Waals surface area contributed by atoms with Gasteiger partial charge in [0, 0.05) is 32.4 Å². The van der Waals surface area contributed by atoms with Crippen molar-refractivity contribution in [3.05, 3.63) is 60.0 Å². The molecule has 1 aliphatic carbocycles. The molecule has 1 saturated heterocycles. The zero-order valence-electron chi connectivity index (χ0n) is 20.2. The molecule has 4 rings (SSSR count). The molecule has 1 aromatic heterocycles. The van der Waals surface area contributed by atoms with Crippen LogP contribution in [0.15, 0.2) is 48.7 Å². The molecule has 2 N–H and O–H groups in total. The van der Waals surface area contributed by atoms with Crippen LogP contribution in [-0.4, -0.2) is 73.3 Å². The van der Waals surface area contributed by atoms with E-state index in [1.54, 1.807) is 24.4 Å². The number of hydrogen-bond donors (Lipinski definition) is 2. The van der Waals surface area contributed by atoms with Crippen molar-refractivity contribution in [1.29, 1.82) is 5.26 Å². The molecule has 0 radical (unpaired) electrons. The number of nitriles is 1. The van der Waals surface area contributed by atoms with E-state index in [9.17, 15) is 36.0 Å². The first-order chi connectivity index (χ1) is 17.9. The Hall–Kier alpha value is -3.28. The fraction of sp³-hybridized carbons (Fsp3) is 0.458. The second-order valence-electron chi connectivity index (χ2n) is 9.28. The highest BCUT2D eigenvalue weighted by Gasteiger charge is 2.48. The number of pyridine rings is 1. The van der Waals surface area contributed by atoms with Gasteiger partial charge in [-0.1, -0.05) is 18.2 Å². The van der Waals surface area contributed by atoms with Crippen LogP contribution in [0.5, 0.6) is 0 Å². The average molecular weight is 555 g/mol. The van der Waals surface area contributed by atoms with Gasteiger partial charge in [0.15, 0.2) is 0 Å². The summed E-state index contributed by atoms with van der Waals surface area (Å²) in [6.07, 6.45) is -2.70. The molecule has 0 bridgehead atoms. The molecule has 2 heterocycles. The fourth-order valence-corrected chi connectivity index (χ4v) is 5.80. The van der Waals surface area contributed by atoms with Gasteiger partial charge in [-0.15, -0.1) is 0 Å². The van der Waals surface area contributed by atoms with Crippen LogP contribution in [0.4, 0.5) is 23.4 Å². The summed E-state index contributed by atoms with van der Waals surface area (Å²) in [7, 11) is -4.20. The molecule has 9 nitrogen and oxygen atoms in total. The highest BCUT2D eigenvalue weighted by molar-refractivity contribution is 7.89. The van der Waals surface area contributed by atoms with Gasteiger partial charge in [-0.25, -0.2) is 17.8 Å². The van der Waals surface area contributed by atoms with Crippen LogP contribution in [0.2, 0.25) is 0 Å². The summed E-state index contributed by atoms with van der Waals surface area (Å²) < 4.78 is 83.1. The van der Waals surface area contributed by atoms with Crippen LogP contribution in [0.25, 0.3) is 0 Å². The monoisotopic (exact) mass is 554 g/mol. The standard InChI is InChI=1S/C24H26F4N6O3S/c25-18-6-4-17(5-7-18)21(24(26,27)28)31-19(22(35)32-23(16-29)8-9-23)15-38(36,37)34-13-11-33(12-14-34)20-3-1-2-10-30-20/h1-7,10,19,21,31H,8-9,11-15H2,(H,32,35)/t19-,21-/m0/s1. The van der Waals surface area contributed by atoms with E-state index >= 15 is 0 Å². The number of aromatic nitrogens is 1. The van der Waals surface area contributed by atoms with Gasteiger partial charge in [0.25, 0.3) is 0 Å². The van der Waals surface area contributed by atoms with Crippen molar-refractivity contribution in [3.8, 4) is 6.07 Å². The minimum Gasteiger partial charge on any atom is -0.354 e. The number of anilines is 1. The van der Waals surface area contributed by atoms with Gasteiger partial charge < -0.3 is 10.2 Å². The molecular weight excluding hydrogens is 528 g/mol. The molecule has 0 unspecified atom stereocenters. The SMILES string of the molecule is N#CC1(NC(=O)[C@H](CS(=O)(=O)N2CCN(c3ccccn3)CC2)N[C@@H](c2ccc(F)cc2)C(F)(F)F)CC1. The summed E-state index contributed by atoms with van der Waals surface area (Å²) in [6, 6.07) is 6.47. The summed E-state index contributed by atoms with van der Waals surface area (Å²) in [5.74, 6) is -2.07. The number of hydrogen-bond acceptors (Lipinski definition) is 7. The predicted octanol–water partition coefficient (Wildman–Crippen LogP) is 2.11. The summed E-state index contributed by atoms with van der Waals surface area (Å²) in [4.78, 5) is 19.2. The molecule has 2 atom stereocenters. The molecule has 2 aliphatic rings. The Bertz CT molecular complexity index is 1270. The minimum atomic E-state index is -4.93. The van der Waals surface area contributed by atoms with Crippen LogP contribution in [-0.2, 0) is 14.8 Å². The van der Waals surface area contributed by atoms with Crippen LogP contribution >= 0.6 is 0 Å². The van der Waals surface area contributed by atoms with E-state index in [-0.39, 0.29) is 18.7 Å². The number of alkyl halides is 3. The number of halogens is 4. The van der Waals surface area contributed by atoms with Crippen molar-refractivity contribution in [2.75, 3.05) is 36.8 Å². The molecule has 1 saturated carbocycles. The van der Waals surface area contributed by atoms with Crippen LogP contribution in [0.1, 0.15) is 24.4 Å². The highest BCUT2D eigenvalue weighted by atomic mass is 32.2. The zero-order valence-corrected chi connectivity index (χ0v) is 21.0. The average Bonchev–Trinajstić information content (AvgIpc) is 3.67. The Labute approximate surface area is 217 Å². The maximum atomic E-state index is 14.0. The quantitative estimate of drug-likeness (QED) is 0.456. The third kappa shape index (κ3) is 6.58. The van der Waals surface area contributed by atoms with Crippen molar-refractivity contribution in [1.82, 2.24) is 19.9 Å². The number of rotatable bonds is 9. The molecule has 0 spiro atoms. The predicted molar refractivity (Wildman–Crippen MR) is 130 cm³/mol. The fourth-order valence-electron chi connectivity index (χ4n) is 4.20. The first-order valence-electron chi connectivity index (χ1n) is 11.9. The van der Waals surface area contributed by atoms with Gasteiger partial charge in [0.1, 0.15) is 29.3 Å². The van der Waals surface area contributed by atoms with Crippen molar-refractivity contribution < 1.29 is 30.8 Å². The van der Waals surface area contributed by atoms with E-state index in [1.807, 2.05) is 11.0 Å². The number of nitrogens with zero attached hydrogens (tertiary/aromatic N) is 4. The molecule has 2 fully saturated rings. The normalized spacial score (nSPS) is 19.3. The Balaban J connectivity index is 1.54. The molecular formula is C24H26F4N6O3S. The smallest absolute Gasteiger partial charge is 0.354 e. The van der Waals surface area contributed by atoms with E-state index in [4.69, 9.17) is 0 Å². The third-order valence-corrected chi connectivity index (χ3v) is 8.43. The van der Waals surface area contributed by atoms with Crippen LogP contribution < -0.4 is 15.5 Å². The van der Waals surface area contributed by atoms with Crippen molar-refractivity contribution in [2.45, 2.75) is 36.6 Å². The number of sulfonamides is 1. The van der Waals surface area contributed by atoms with Crippen molar-refractivity contribution in [2.24, 2.45) is 0 Å². The van der Waals surface area contributed by atoms with Gasteiger partial charge in [-0.2, -0.15) is 22.7 Å². The Morgan fingerprint density at radius 3 is 2.29 bits per heavy atom. The first kappa shape index (κ1) is 27.7. The van der Waals surface area contributed by atoms with Crippen molar-refractivity contribution in [3.63, 3.8) is 0 Å². The minimum absolute atomic E-state index is 0.0516. The molecule has 14 heteroatoms. The summed E-state index contributed by atoms with van der Waals surface area (Å²) >= 11 is 0. The number of nitrogens with one attached hydrogen (secondary N) is 2. The van der Waals surface area contributed by atoms with Gasteiger partial charge in [0.05, 0.1) is 11.8 Å². The molecule has 1 aromatic carbocycles. The molecule has 1 aliphatic heterocycles. The lowest BCUT2D eigenvalue weighted by Crippen LogP contribution is -2.57. The van der Waals surface area contributed by atoms with Crippen LogP contribution in [0, 0.1) is 17.1 Å². The largest absolute Gasteiger partial charge is 0.407 e. The second-order valence-corrected chi connectivity index (χ2v) is 11.3. The Morgan fingerprint density at radius 2 is 1.76 bits per heavy atom. The van der Waals surface area contributed by atoms with Crippen LogP contribution in [0.3, 0.4) is 0 Å².